The lowest BCUT2D eigenvalue weighted by atomic mass is 9.96. The normalized spacial score (nSPS) is 15.8. The molecule has 1 rings (SSSR count). The number of hydrogen-bond donors (Lipinski definition) is 2. The molecular weight excluding hydrogens is 314 g/mol. The summed E-state index contributed by atoms with van der Waals surface area (Å²) in [5.41, 5.74) is -0.0496. The second-order valence-corrected chi connectivity index (χ2v) is 5.46. The number of esters is 1. The molecular formula is C16H25N3O5. The standard InChI is InChI=1S/C16H25N3O5/c1-2-24-16(23)13-3-5-19(6-4-13)15(22)14(11-17)12-18(7-9-20)8-10-21/h12-13,20-21H,2-10H2,1H3/b14-12-. The fourth-order valence-electron chi connectivity index (χ4n) is 2.56. The van der Waals surface area contributed by atoms with Gasteiger partial charge in [0.15, 0.2) is 0 Å². The zero-order valence-electron chi connectivity index (χ0n) is 14.0. The number of ether oxygens (including phenoxy) is 1. The van der Waals surface area contributed by atoms with Crippen LogP contribution in [0.4, 0.5) is 0 Å². The molecule has 0 aromatic carbocycles. The second-order valence-electron chi connectivity index (χ2n) is 5.46. The highest BCUT2D eigenvalue weighted by atomic mass is 16.5. The van der Waals surface area contributed by atoms with E-state index in [1.54, 1.807) is 11.8 Å². The van der Waals surface area contributed by atoms with Crippen molar-refractivity contribution in [3.05, 3.63) is 11.8 Å². The summed E-state index contributed by atoms with van der Waals surface area (Å²) < 4.78 is 4.99. The van der Waals surface area contributed by atoms with Crippen LogP contribution in [0.2, 0.25) is 0 Å². The van der Waals surface area contributed by atoms with Crippen LogP contribution in [-0.2, 0) is 14.3 Å². The Kier molecular flexibility index (Phi) is 8.83. The number of nitriles is 1. The SMILES string of the molecule is CCOC(=O)C1CCN(C(=O)/C(C#N)=C\N(CCO)CCO)CC1. The summed E-state index contributed by atoms with van der Waals surface area (Å²) in [7, 11) is 0. The Balaban J connectivity index is 2.68. The summed E-state index contributed by atoms with van der Waals surface area (Å²) in [6, 6.07) is 1.87. The topological polar surface area (TPSA) is 114 Å². The van der Waals surface area contributed by atoms with E-state index in [0.29, 0.717) is 32.5 Å². The first-order chi connectivity index (χ1) is 11.6. The Morgan fingerprint density at radius 1 is 1.29 bits per heavy atom. The van der Waals surface area contributed by atoms with Gasteiger partial charge in [0.25, 0.3) is 5.91 Å². The van der Waals surface area contributed by atoms with Crippen LogP contribution < -0.4 is 0 Å². The van der Waals surface area contributed by atoms with Crippen molar-refractivity contribution in [2.75, 3.05) is 46.0 Å². The van der Waals surface area contributed by atoms with Gasteiger partial charge in [0.2, 0.25) is 0 Å². The van der Waals surface area contributed by atoms with E-state index in [1.807, 2.05) is 6.07 Å². The van der Waals surface area contributed by atoms with Crippen LogP contribution in [0.5, 0.6) is 0 Å². The van der Waals surface area contributed by atoms with Gasteiger partial charge in [-0.05, 0) is 19.8 Å². The van der Waals surface area contributed by atoms with Crippen LogP contribution in [-0.4, -0.2) is 77.9 Å². The Morgan fingerprint density at radius 3 is 2.33 bits per heavy atom. The van der Waals surface area contributed by atoms with Crippen molar-refractivity contribution >= 4 is 11.9 Å². The molecule has 1 fully saturated rings. The minimum Gasteiger partial charge on any atom is -0.466 e. The number of likely N-dealkylation sites (tertiary alicyclic amines) is 1. The summed E-state index contributed by atoms with van der Waals surface area (Å²) in [5, 5.41) is 27.2. The maximum absolute atomic E-state index is 12.4. The smallest absolute Gasteiger partial charge is 0.309 e. The fourth-order valence-corrected chi connectivity index (χ4v) is 2.56. The number of carbonyl (C=O) groups is 2. The van der Waals surface area contributed by atoms with Gasteiger partial charge in [-0.2, -0.15) is 5.26 Å². The third-order valence-corrected chi connectivity index (χ3v) is 3.84. The predicted molar refractivity (Wildman–Crippen MR) is 85.4 cm³/mol. The fraction of sp³-hybridized carbons (Fsp3) is 0.688. The Bertz CT molecular complexity index is 486. The van der Waals surface area contributed by atoms with Gasteiger partial charge >= 0.3 is 5.97 Å². The van der Waals surface area contributed by atoms with Crippen molar-refractivity contribution in [1.82, 2.24) is 9.80 Å². The maximum Gasteiger partial charge on any atom is 0.309 e. The molecule has 24 heavy (non-hydrogen) atoms. The summed E-state index contributed by atoms with van der Waals surface area (Å²) in [4.78, 5) is 27.2. The molecule has 0 aromatic heterocycles. The number of rotatable bonds is 8. The summed E-state index contributed by atoms with van der Waals surface area (Å²) in [5.74, 6) is -0.845. The molecule has 1 aliphatic rings. The lowest BCUT2D eigenvalue weighted by Gasteiger charge is -2.31. The Labute approximate surface area is 141 Å². The average molecular weight is 339 g/mol. The van der Waals surface area contributed by atoms with Crippen LogP contribution in [0, 0.1) is 17.2 Å². The van der Waals surface area contributed by atoms with Crippen molar-refractivity contribution in [2.24, 2.45) is 5.92 Å². The number of amides is 1. The first-order valence-electron chi connectivity index (χ1n) is 8.10. The minimum absolute atomic E-state index is 0.0496. The highest BCUT2D eigenvalue weighted by molar-refractivity contribution is 5.97. The largest absolute Gasteiger partial charge is 0.466 e. The number of nitrogens with zero attached hydrogens (tertiary/aromatic N) is 3. The molecule has 8 nitrogen and oxygen atoms in total. The van der Waals surface area contributed by atoms with Gasteiger partial charge in [0.05, 0.1) is 25.7 Å². The number of hydrogen-bond acceptors (Lipinski definition) is 7. The monoisotopic (exact) mass is 339 g/mol. The van der Waals surface area contributed by atoms with E-state index in [4.69, 9.17) is 14.9 Å². The van der Waals surface area contributed by atoms with Gasteiger partial charge < -0.3 is 24.7 Å². The molecule has 0 unspecified atom stereocenters. The molecule has 2 N–H and O–H groups in total. The molecule has 134 valence electrons. The first-order valence-corrected chi connectivity index (χ1v) is 8.10. The van der Waals surface area contributed by atoms with E-state index in [9.17, 15) is 14.9 Å². The number of piperidine rings is 1. The highest BCUT2D eigenvalue weighted by Gasteiger charge is 2.29. The third kappa shape index (κ3) is 5.83. The van der Waals surface area contributed by atoms with Crippen LogP contribution in [0.3, 0.4) is 0 Å². The molecule has 1 aliphatic heterocycles. The van der Waals surface area contributed by atoms with Crippen molar-refractivity contribution in [2.45, 2.75) is 19.8 Å². The van der Waals surface area contributed by atoms with E-state index >= 15 is 0 Å². The van der Waals surface area contributed by atoms with E-state index in [1.165, 1.54) is 11.1 Å². The zero-order chi connectivity index (χ0) is 17.9. The molecule has 0 radical (unpaired) electrons. The first kappa shape index (κ1) is 19.9. The predicted octanol–water partition coefficient (Wildman–Crippen LogP) is -0.518. The number of aliphatic hydroxyl groups excluding tert-OH is 2. The van der Waals surface area contributed by atoms with E-state index in [2.05, 4.69) is 0 Å². The van der Waals surface area contributed by atoms with Gasteiger partial charge in [-0.25, -0.2) is 0 Å². The van der Waals surface area contributed by atoms with Gasteiger partial charge in [-0.1, -0.05) is 0 Å². The molecule has 0 atom stereocenters. The molecule has 0 aliphatic carbocycles. The van der Waals surface area contributed by atoms with Crippen LogP contribution in [0.15, 0.2) is 11.8 Å². The van der Waals surface area contributed by atoms with Crippen molar-refractivity contribution in [1.29, 1.82) is 5.26 Å². The average Bonchev–Trinajstić information content (AvgIpc) is 2.59. The number of aliphatic hydroxyl groups is 2. The number of carbonyl (C=O) groups excluding carboxylic acids is 2. The summed E-state index contributed by atoms with van der Waals surface area (Å²) >= 11 is 0. The van der Waals surface area contributed by atoms with Gasteiger partial charge in [0.1, 0.15) is 11.6 Å². The van der Waals surface area contributed by atoms with Crippen molar-refractivity contribution in [3.63, 3.8) is 0 Å². The molecule has 1 heterocycles. The summed E-state index contributed by atoms with van der Waals surface area (Å²) in [6.07, 6.45) is 2.40. The Hall–Kier alpha value is -2.11. The Morgan fingerprint density at radius 2 is 1.88 bits per heavy atom. The molecule has 0 spiro atoms. The quantitative estimate of drug-likeness (QED) is 0.347. The van der Waals surface area contributed by atoms with Crippen LogP contribution >= 0.6 is 0 Å². The van der Waals surface area contributed by atoms with Crippen LogP contribution in [0.25, 0.3) is 0 Å². The maximum atomic E-state index is 12.4. The molecule has 1 amide bonds. The van der Waals surface area contributed by atoms with E-state index < -0.39 is 5.91 Å². The third-order valence-electron chi connectivity index (χ3n) is 3.84. The second kappa shape index (κ2) is 10.6. The van der Waals surface area contributed by atoms with Gasteiger partial charge in [0, 0.05) is 32.4 Å². The molecule has 0 aromatic rings. The van der Waals surface area contributed by atoms with Crippen molar-refractivity contribution in [3.8, 4) is 6.07 Å². The minimum atomic E-state index is -0.402. The highest BCUT2D eigenvalue weighted by Crippen LogP contribution is 2.20. The van der Waals surface area contributed by atoms with Crippen LogP contribution in [0.1, 0.15) is 19.8 Å². The molecule has 8 heteroatoms. The van der Waals surface area contributed by atoms with E-state index in [0.717, 1.165) is 0 Å². The molecule has 0 bridgehead atoms. The van der Waals surface area contributed by atoms with Crippen molar-refractivity contribution < 1.29 is 24.5 Å². The lowest BCUT2D eigenvalue weighted by molar-refractivity contribution is -0.150. The van der Waals surface area contributed by atoms with Gasteiger partial charge in [-0.3, -0.25) is 9.59 Å². The zero-order valence-corrected chi connectivity index (χ0v) is 14.0. The summed E-state index contributed by atoms with van der Waals surface area (Å²) in [6.45, 7) is 3.04. The lowest BCUT2D eigenvalue weighted by Crippen LogP contribution is -2.41. The van der Waals surface area contributed by atoms with E-state index in [-0.39, 0.29) is 43.8 Å². The molecule has 0 saturated carbocycles. The van der Waals surface area contributed by atoms with Gasteiger partial charge in [-0.15, -0.1) is 0 Å². The molecule has 1 saturated heterocycles.